The molecule has 0 radical (unpaired) electrons. The molecule has 0 bridgehead atoms. The predicted molar refractivity (Wildman–Crippen MR) is 93.6 cm³/mol. The van der Waals surface area contributed by atoms with Crippen LogP contribution in [0.5, 0.6) is 0 Å². The van der Waals surface area contributed by atoms with E-state index in [-0.39, 0.29) is 18.4 Å². The molecule has 1 N–H and O–H groups in total. The summed E-state index contributed by atoms with van der Waals surface area (Å²) in [4.78, 5) is 30.3. The maximum Gasteiger partial charge on any atom is 0.246 e. The van der Waals surface area contributed by atoms with Gasteiger partial charge in [0.25, 0.3) is 0 Å². The molecule has 0 aliphatic carbocycles. The van der Waals surface area contributed by atoms with Crippen molar-refractivity contribution in [2.75, 3.05) is 18.9 Å². The molecule has 2 amide bonds. The van der Waals surface area contributed by atoms with Gasteiger partial charge in [-0.3, -0.25) is 9.59 Å². The van der Waals surface area contributed by atoms with Crippen molar-refractivity contribution in [3.63, 3.8) is 0 Å². The molecule has 0 aliphatic heterocycles. The van der Waals surface area contributed by atoms with Gasteiger partial charge in [-0.05, 0) is 25.1 Å². The van der Waals surface area contributed by atoms with Gasteiger partial charge in [0.2, 0.25) is 11.8 Å². The van der Waals surface area contributed by atoms with Crippen molar-refractivity contribution < 1.29 is 9.59 Å². The highest BCUT2D eigenvalue weighted by Gasteiger charge is 2.11. The second-order valence-electron chi connectivity index (χ2n) is 4.84. The number of para-hydroxylation sites is 1. The topological polar surface area (TPSA) is 62.3 Å². The Balaban J connectivity index is 1.89. The van der Waals surface area contributed by atoms with Crippen molar-refractivity contribution in [1.82, 2.24) is 9.88 Å². The highest BCUT2D eigenvalue weighted by molar-refractivity contribution is 7.12. The number of likely N-dealkylation sites (N-methyl/N-ethyl adjacent to an activating group) is 1. The maximum absolute atomic E-state index is 12.0. The zero-order valence-electron chi connectivity index (χ0n) is 12.7. The van der Waals surface area contributed by atoms with Crippen LogP contribution in [0.25, 0.3) is 6.08 Å². The summed E-state index contributed by atoms with van der Waals surface area (Å²) >= 11 is 7.47. The third kappa shape index (κ3) is 5.19. The van der Waals surface area contributed by atoms with Gasteiger partial charge >= 0.3 is 0 Å². The number of halogens is 1. The van der Waals surface area contributed by atoms with E-state index in [0.29, 0.717) is 10.7 Å². The van der Waals surface area contributed by atoms with Crippen molar-refractivity contribution in [2.45, 2.75) is 6.92 Å². The van der Waals surface area contributed by atoms with E-state index in [9.17, 15) is 9.59 Å². The molecular weight excluding hydrogens is 334 g/mol. The van der Waals surface area contributed by atoms with Crippen LogP contribution in [-0.4, -0.2) is 35.3 Å². The second kappa shape index (κ2) is 7.89. The number of aromatic nitrogens is 1. The molecule has 23 heavy (non-hydrogen) atoms. The number of amides is 2. The molecule has 2 aromatic rings. The molecule has 0 spiro atoms. The minimum Gasteiger partial charge on any atom is -0.333 e. The van der Waals surface area contributed by atoms with Crippen LogP contribution in [0.2, 0.25) is 5.02 Å². The van der Waals surface area contributed by atoms with Crippen molar-refractivity contribution in [3.8, 4) is 0 Å². The van der Waals surface area contributed by atoms with Crippen molar-refractivity contribution >= 4 is 46.5 Å². The number of nitrogens with zero attached hydrogens (tertiary/aromatic N) is 2. The van der Waals surface area contributed by atoms with Gasteiger partial charge in [0, 0.05) is 24.2 Å². The monoisotopic (exact) mass is 349 g/mol. The lowest BCUT2D eigenvalue weighted by Crippen LogP contribution is -2.33. The van der Waals surface area contributed by atoms with Crippen LogP contribution in [0.3, 0.4) is 0 Å². The van der Waals surface area contributed by atoms with Crippen molar-refractivity contribution in [3.05, 3.63) is 51.4 Å². The number of benzene rings is 1. The molecule has 0 saturated carbocycles. The number of nitrogens with one attached hydrogen (secondary N) is 1. The molecule has 0 saturated heterocycles. The van der Waals surface area contributed by atoms with E-state index in [0.717, 1.165) is 9.88 Å². The van der Waals surface area contributed by atoms with Gasteiger partial charge in [-0.1, -0.05) is 23.7 Å². The largest absolute Gasteiger partial charge is 0.333 e. The van der Waals surface area contributed by atoms with Crippen LogP contribution in [0.15, 0.2) is 36.5 Å². The summed E-state index contributed by atoms with van der Waals surface area (Å²) in [5, 5.41) is 4.07. The predicted octanol–water partition coefficient (Wildman–Crippen LogP) is 3.22. The zero-order chi connectivity index (χ0) is 16.8. The van der Waals surface area contributed by atoms with Gasteiger partial charge in [-0.2, -0.15) is 0 Å². The van der Waals surface area contributed by atoms with E-state index < -0.39 is 0 Å². The lowest BCUT2D eigenvalue weighted by Gasteiger charge is -2.15. The molecule has 0 aliphatic rings. The first-order valence-electron chi connectivity index (χ1n) is 6.85. The Kier molecular flexibility index (Phi) is 5.90. The zero-order valence-corrected chi connectivity index (χ0v) is 14.3. The minimum absolute atomic E-state index is 0.0594. The summed E-state index contributed by atoms with van der Waals surface area (Å²) in [5.41, 5.74) is 0.524. The fourth-order valence-electron chi connectivity index (χ4n) is 1.78. The minimum atomic E-state index is -0.309. The van der Waals surface area contributed by atoms with Crippen LogP contribution >= 0.6 is 22.9 Å². The molecule has 0 fully saturated rings. The Bertz CT molecular complexity index is 742. The SMILES string of the molecule is Cc1ncc(/C=C/C(=O)N(C)CC(=O)Nc2ccccc2Cl)s1. The number of hydrogen-bond acceptors (Lipinski definition) is 4. The molecule has 1 aromatic carbocycles. The van der Waals surface area contributed by atoms with Crippen LogP contribution in [0.1, 0.15) is 9.88 Å². The van der Waals surface area contributed by atoms with Gasteiger partial charge in [-0.15, -0.1) is 11.3 Å². The Morgan fingerprint density at radius 3 is 2.78 bits per heavy atom. The normalized spacial score (nSPS) is 10.7. The van der Waals surface area contributed by atoms with E-state index in [4.69, 9.17) is 11.6 Å². The van der Waals surface area contributed by atoms with Gasteiger partial charge in [0.05, 0.1) is 22.3 Å². The first-order chi connectivity index (χ1) is 11.0. The lowest BCUT2D eigenvalue weighted by molar-refractivity contribution is -0.129. The fourth-order valence-corrected chi connectivity index (χ4v) is 2.65. The Hall–Kier alpha value is -2.18. The molecule has 5 nitrogen and oxygen atoms in total. The summed E-state index contributed by atoms with van der Waals surface area (Å²) < 4.78 is 0. The first-order valence-corrected chi connectivity index (χ1v) is 8.05. The molecule has 2 rings (SSSR count). The molecular formula is C16H16ClN3O2S. The van der Waals surface area contributed by atoms with E-state index in [1.54, 1.807) is 43.6 Å². The third-order valence-corrected chi connectivity index (χ3v) is 4.14. The van der Waals surface area contributed by atoms with Crippen LogP contribution in [-0.2, 0) is 9.59 Å². The highest BCUT2D eigenvalue weighted by Crippen LogP contribution is 2.20. The summed E-state index contributed by atoms with van der Waals surface area (Å²) in [7, 11) is 1.57. The number of anilines is 1. The molecule has 120 valence electrons. The van der Waals surface area contributed by atoms with E-state index >= 15 is 0 Å². The average Bonchev–Trinajstić information content (AvgIpc) is 2.92. The van der Waals surface area contributed by atoms with Gasteiger partial charge in [0.1, 0.15) is 0 Å². The van der Waals surface area contributed by atoms with E-state index in [2.05, 4.69) is 10.3 Å². The van der Waals surface area contributed by atoms with Gasteiger partial charge < -0.3 is 10.2 Å². The van der Waals surface area contributed by atoms with Crippen molar-refractivity contribution in [2.24, 2.45) is 0 Å². The molecule has 1 aromatic heterocycles. The van der Waals surface area contributed by atoms with E-state index in [1.165, 1.54) is 22.3 Å². The van der Waals surface area contributed by atoms with Gasteiger partial charge in [-0.25, -0.2) is 4.98 Å². The van der Waals surface area contributed by atoms with Crippen LogP contribution in [0, 0.1) is 6.92 Å². The highest BCUT2D eigenvalue weighted by atomic mass is 35.5. The number of aryl methyl sites for hydroxylation is 1. The summed E-state index contributed by atoms with van der Waals surface area (Å²) in [5.74, 6) is -0.568. The number of hydrogen-bond donors (Lipinski definition) is 1. The van der Waals surface area contributed by atoms with Crippen LogP contribution < -0.4 is 5.32 Å². The fraction of sp³-hybridized carbons (Fsp3) is 0.188. The number of rotatable bonds is 5. The summed E-state index contributed by atoms with van der Waals surface area (Å²) in [6, 6.07) is 6.94. The second-order valence-corrected chi connectivity index (χ2v) is 6.51. The van der Waals surface area contributed by atoms with Crippen molar-refractivity contribution in [1.29, 1.82) is 0 Å². The Morgan fingerprint density at radius 2 is 2.13 bits per heavy atom. The van der Waals surface area contributed by atoms with Crippen LogP contribution in [0.4, 0.5) is 5.69 Å². The third-order valence-electron chi connectivity index (χ3n) is 2.93. The first kappa shape index (κ1) is 17.2. The molecule has 0 unspecified atom stereocenters. The molecule has 1 heterocycles. The number of carbonyl (C=O) groups excluding carboxylic acids is 2. The molecule has 7 heteroatoms. The average molecular weight is 350 g/mol. The quantitative estimate of drug-likeness (QED) is 0.843. The maximum atomic E-state index is 12.0. The number of thiazole rings is 1. The van der Waals surface area contributed by atoms with Gasteiger partial charge in [0.15, 0.2) is 0 Å². The Morgan fingerprint density at radius 1 is 1.39 bits per heavy atom. The standard InChI is InChI=1S/C16H16ClN3O2S/c1-11-18-9-12(23-11)7-8-16(22)20(2)10-15(21)19-14-6-4-3-5-13(14)17/h3-9H,10H2,1-2H3,(H,19,21)/b8-7+. The van der Waals surface area contributed by atoms with E-state index in [1.807, 2.05) is 6.92 Å². The lowest BCUT2D eigenvalue weighted by atomic mass is 10.3. The summed E-state index contributed by atoms with van der Waals surface area (Å²) in [6.07, 6.45) is 4.82. The smallest absolute Gasteiger partial charge is 0.246 e. The molecule has 0 atom stereocenters. The summed E-state index contributed by atoms with van der Waals surface area (Å²) in [6.45, 7) is 1.84. The Labute approximate surface area is 143 Å². The number of carbonyl (C=O) groups is 2.